The minimum absolute atomic E-state index is 0.215. The molecule has 0 aliphatic heterocycles. The van der Waals surface area contributed by atoms with Crippen LogP contribution in [0.15, 0.2) is 16.6 Å². The van der Waals surface area contributed by atoms with E-state index in [1.54, 1.807) is 12.1 Å². The van der Waals surface area contributed by atoms with Gasteiger partial charge in [0.25, 0.3) is 0 Å². The van der Waals surface area contributed by atoms with E-state index in [1.165, 1.54) is 0 Å². The second-order valence-electron chi connectivity index (χ2n) is 2.03. The second-order valence-corrected chi connectivity index (χ2v) is 3.23. The molecule has 1 aromatic carbocycles. The standard InChI is InChI=1S/C7H6BrClO/c1-4-2-3-5(9)6(8)7(4)10/h2-3,10H,1H3. The lowest BCUT2D eigenvalue weighted by molar-refractivity contribution is 0.468. The molecule has 0 bridgehead atoms. The highest BCUT2D eigenvalue weighted by molar-refractivity contribution is 9.10. The third-order valence-electron chi connectivity index (χ3n) is 1.27. The van der Waals surface area contributed by atoms with Gasteiger partial charge in [0.1, 0.15) is 5.75 Å². The molecule has 0 saturated heterocycles. The van der Waals surface area contributed by atoms with Crippen molar-refractivity contribution in [2.75, 3.05) is 0 Å². The summed E-state index contributed by atoms with van der Waals surface area (Å²) >= 11 is 8.83. The molecule has 10 heavy (non-hydrogen) atoms. The maximum atomic E-state index is 9.26. The zero-order chi connectivity index (χ0) is 7.72. The van der Waals surface area contributed by atoms with Gasteiger partial charge < -0.3 is 5.11 Å². The van der Waals surface area contributed by atoms with E-state index < -0.39 is 0 Å². The molecular weight excluding hydrogens is 215 g/mol. The van der Waals surface area contributed by atoms with Crippen LogP contribution in [-0.2, 0) is 0 Å². The van der Waals surface area contributed by atoms with Crippen LogP contribution >= 0.6 is 27.5 Å². The maximum absolute atomic E-state index is 9.26. The highest BCUT2D eigenvalue weighted by Gasteiger charge is 2.04. The van der Waals surface area contributed by atoms with Crippen LogP contribution in [0.1, 0.15) is 5.56 Å². The number of aryl methyl sites for hydroxylation is 1. The molecule has 1 aromatic rings. The Balaban J connectivity index is 3.34. The topological polar surface area (TPSA) is 20.2 Å². The van der Waals surface area contributed by atoms with Gasteiger partial charge in [0.15, 0.2) is 0 Å². The molecule has 1 N–H and O–H groups in total. The summed E-state index contributed by atoms with van der Waals surface area (Å²) in [5.41, 5.74) is 0.816. The lowest BCUT2D eigenvalue weighted by Crippen LogP contribution is -1.76. The van der Waals surface area contributed by atoms with Crippen molar-refractivity contribution < 1.29 is 5.11 Å². The Kier molecular flexibility index (Phi) is 2.21. The number of aromatic hydroxyl groups is 1. The van der Waals surface area contributed by atoms with Gasteiger partial charge in [0.05, 0.1) is 9.50 Å². The molecule has 54 valence electrons. The van der Waals surface area contributed by atoms with E-state index in [9.17, 15) is 5.11 Å². The minimum atomic E-state index is 0.215. The van der Waals surface area contributed by atoms with Crippen LogP contribution in [0.4, 0.5) is 0 Å². The molecule has 0 amide bonds. The summed E-state index contributed by atoms with van der Waals surface area (Å²) in [7, 11) is 0. The largest absolute Gasteiger partial charge is 0.506 e. The molecular formula is C7H6BrClO. The second kappa shape index (κ2) is 2.81. The summed E-state index contributed by atoms with van der Waals surface area (Å²) in [6, 6.07) is 3.50. The molecule has 0 fully saturated rings. The first-order valence-electron chi connectivity index (χ1n) is 2.76. The summed E-state index contributed by atoms with van der Waals surface area (Å²) in [6.07, 6.45) is 0. The third kappa shape index (κ3) is 1.27. The SMILES string of the molecule is Cc1ccc(Cl)c(Br)c1O. The molecule has 0 atom stereocenters. The Morgan fingerprint density at radius 2 is 2.10 bits per heavy atom. The fourth-order valence-electron chi connectivity index (χ4n) is 0.636. The molecule has 0 saturated carbocycles. The van der Waals surface area contributed by atoms with Crippen LogP contribution in [0.5, 0.6) is 5.75 Å². The lowest BCUT2D eigenvalue weighted by Gasteiger charge is -2.01. The highest BCUT2D eigenvalue weighted by Crippen LogP contribution is 2.33. The number of phenolic OH excluding ortho intramolecular Hbond substituents is 1. The van der Waals surface area contributed by atoms with Crippen molar-refractivity contribution in [2.24, 2.45) is 0 Å². The number of phenols is 1. The van der Waals surface area contributed by atoms with Crippen LogP contribution in [-0.4, -0.2) is 5.11 Å². The van der Waals surface area contributed by atoms with Crippen LogP contribution in [0.2, 0.25) is 5.02 Å². The molecule has 1 rings (SSSR count). The lowest BCUT2D eigenvalue weighted by atomic mass is 10.2. The maximum Gasteiger partial charge on any atom is 0.134 e. The van der Waals surface area contributed by atoms with Crippen molar-refractivity contribution in [2.45, 2.75) is 6.92 Å². The van der Waals surface area contributed by atoms with Gasteiger partial charge in [0.2, 0.25) is 0 Å². The van der Waals surface area contributed by atoms with Crippen molar-refractivity contribution in [1.29, 1.82) is 0 Å². The first-order valence-corrected chi connectivity index (χ1v) is 3.93. The van der Waals surface area contributed by atoms with Gasteiger partial charge >= 0.3 is 0 Å². The van der Waals surface area contributed by atoms with Crippen molar-refractivity contribution in [3.05, 3.63) is 27.2 Å². The van der Waals surface area contributed by atoms with Gasteiger partial charge in [-0.2, -0.15) is 0 Å². The third-order valence-corrected chi connectivity index (χ3v) is 2.62. The molecule has 0 aliphatic rings. The van der Waals surface area contributed by atoms with E-state index in [0.29, 0.717) is 9.50 Å². The highest BCUT2D eigenvalue weighted by atomic mass is 79.9. The quantitative estimate of drug-likeness (QED) is 0.714. The van der Waals surface area contributed by atoms with Crippen molar-refractivity contribution in [3.63, 3.8) is 0 Å². The monoisotopic (exact) mass is 220 g/mol. The Labute approximate surface area is 72.8 Å². The average molecular weight is 221 g/mol. The Bertz CT molecular complexity index is 233. The average Bonchev–Trinajstić information content (AvgIpc) is 1.93. The fourth-order valence-corrected chi connectivity index (χ4v) is 1.23. The van der Waals surface area contributed by atoms with E-state index >= 15 is 0 Å². The van der Waals surface area contributed by atoms with Gasteiger partial charge in [-0.1, -0.05) is 17.7 Å². The van der Waals surface area contributed by atoms with Gasteiger partial charge in [-0.15, -0.1) is 0 Å². The summed E-state index contributed by atoms with van der Waals surface area (Å²) in [6.45, 7) is 1.82. The van der Waals surface area contributed by atoms with Crippen LogP contribution in [0, 0.1) is 6.92 Å². The molecule has 0 spiro atoms. The van der Waals surface area contributed by atoms with Gasteiger partial charge in [-0.05, 0) is 34.5 Å². The first-order chi connectivity index (χ1) is 4.63. The van der Waals surface area contributed by atoms with Gasteiger partial charge in [-0.3, -0.25) is 0 Å². The van der Waals surface area contributed by atoms with Gasteiger partial charge in [-0.25, -0.2) is 0 Å². The smallest absolute Gasteiger partial charge is 0.134 e. The van der Waals surface area contributed by atoms with Crippen LogP contribution in [0.3, 0.4) is 0 Å². The predicted molar refractivity (Wildman–Crippen MR) is 45.6 cm³/mol. The summed E-state index contributed by atoms with van der Waals surface area (Å²) < 4.78 is 0.564. The van der Waals surface area contributed by atoms with E-state index in [2.05, 4.69) is 15.9 Å². The van der Waals surface area contributed by atoms with Crippen molar-refractivity contribution >= 4 is 27.5 Å². The van der Waals surface area contributed by atoms with Gasteiger partial charge in [0, 0.05) is 0 Å². The zero-order valence-corrected chi connectivity index (χ0v) is 7.70. The molecule has 0 aliphatic carbocycles. The van der Waals surface area contributed by atoms with Crippen LogP contribution < -0.4 is 0 Å². The summed E-state index contributed by atoms with van der Waals surface area (Å²) in [5, 5.41) is 9.79. The van der Waals surface area contributed by atoms with E-state index in [0.717, 1.165) is 5.56 Å². The predicted octanol–water partition coefficient (Wildman–Crippen LogP) is 3.12. The summed E-state index contributed by atoms with van der Waals surface area (Å²) in [4.78, 5) is 0. The normalized spacial score (nSPS) is 9.90. The molecule has 0 unspecified atom stereocenters. The molecule has 0 heterocycles. The summed E-state index contributed by atoms with van der Waals surface area (Å²) in [5.74, 6) is 0.215. The van der Waals surface area contributed by atoms with E-state index in [-0.39, 0.29) is 5.75 Å². The Morgan fingerprint density at radius 1 is 1.50 bits per heavy atom. The number of benzene rings is 1. The molecule has 3 heteroatoms. The minimum Gasteiger partial charge on any atom is -0.506 e. The molecule has 1 nitrogen and oxygen atoms in total. The fraction of sp³-hybridized carbons (Fsp3) is 0.143. The Morgan fingerprint density at radius 3 is 2.60 bits per heavy atom. The molecule has 0 aromatic heterocycles. The Hall–Kier alpha value is -0.210. The zero-order valence-electron chi connectivity index (χ0n) is 5.36. The number of rotatable bonds is 0. The van der Waals surface area contributed by atoms with E-state index in [1.807, 2.05) is 6.92 Å². The van der Waals surface area contributed by atoms with Crippen LogP contribution in [0.25, 0.3) is 0 Å². The molecule has 0 radical (unpaired) electrons. The number of hydrogen-bond donors (Lipinski definition) is 1. The number of hydrogen-bond acceptors (Lipinski definition) is 1. The van der Waals surface area contributed by atoms with Crippen molar-refractivity contribution in [3.8, 4) is 5.75 Å². The van der Waals surface area contributed by atoms with Crippen molar-refractivity contribution in [1.82, 2.24) is 0 Å². The first kappa shape index (κ1) is 7.89. The number of halogens is 2. The van der Waals surface area contributed by atoms with E-state index in [4.69, 9.17) is 11.6 Å².